The van der Waals surface area contributed by atoms with E-state index in [-0.39, 0.29) is 11.9 Å². The molecule has 5 nitrogen and oxygen atoms in total. The zero-order chi connectivity index (χ0) is 15.7. The summed E-state index contributed by atoms with van der Waals surface area (Å²) in [4.78, 5) is 25.8. The zero-order valence-corrected chi connectivity index (χ0v) is 13.1. The number of ether oxygens (including phenoxy) is 1. The number of hydrogen-bond donors (Lipinski definition) is 1. The minimum Gasteiger partial charge on any atom is -0.492 e. The fourth-order valence-corrected chi connectivity index (χ4v) is 3.47. The molecule has 0 bridgehead atoms. The average molecular weight is 302 g/mol. The summed E-state index contributed by atoms with van der Waals surface area (Å²) in [5, 5.41) is 2.88. The largest absolute Gasteiger partial charge is 0.492 e. The minimum atomic E-state index is -0.628. The summed E-state index contributed by atoms with van der Waals surface area (Å²) in [6.07, 6.45) is 3.51. The van der Waals surface area contributed by atoms with Crippen LogP contribution in [-0.2, 0) is 4.79 Å². The van der Waals surface area contributed by atoms with Crippen molar-refractivity contribution in [2.24, 2.45) is 0 Å². The van der Waals surface area contributed by atoms with Crippen LogP contribution in [0.5, 0.6) is 5.75 Å². The first-order chi connectivity index (χ1) is 10.5. The molecule has 1 aromatic rings. The van der Waals surface area contributed by atoms with E-state index in [2.05, 4.69) is 11.4 Å². The van der Waals surface area contributed by atoms with Crippen LogP contribution in [0.3, 0.4) is 0 Å². The molecular formula is C17H22N2O3. The number of rotatable bonds is 4. The highest BCUT2D eigenvalue weighted by molar-refractivity contribution is 6.07. The Kier molecular flexibility index (Phi) is 3.81. The van der Waals surface area contributed by atoms with Crippen molar-refractivity contribution in [2.75, 3.05) is 13.2 Å². The minimum absolute atomic E-state index is 0.0842. The van der Waals surface area contributed by atoms with E-state index in [1.54, 1.807) is 0 Å². The molecule has 1 heterocycles. The summed E-state index contributed by atoms with van der Waals surface area (Å²) in [6, 6.07) is 5.71. The summed E-state index contributed by atoms with van der Waals surface area (Å²) in [5.41, 5.74) is 1.64. The third-order valence-corrected chi connectivity index (χ3v) is 4.48. The molecular weight excluding hydrogens is 280 g/mol. The second-order valence-corrected chi connectivity index (χ2v) is 6.35. The van der Waals surface area contributed by atoms with Gasteiger partial charge in [0.2, 0.25) is 0 Å². The fourth-order valence-electron chi connectivity index (χ4n) is 3.47. The van der Waals surface area contributed by atoms with Gasteiger partial charge < -0.3 is 10.1 Å². The second kappa shape index (κ2) is 5.63. The van der Waals surface area contributed by atoms with Crippen LogP contribution in [-0.4, -0.2) is 35.5 Å². The maximum absolute atomic E-state index is 12.5. The molecule has 118 valence electrons. The van der Waals surface area contributed by atoms with Gasteiger partial charge in [-0.15, -0.1) is 0 Å². The Labute approximate surface area is 130 Å². The molecule has 0 atom stereocenters. The first-order valence-electron chi connectivity index (χ1n) is 7.85. The lowest BCUT2D eigenvalue weighted by Crippen LogP contribution is -2.44. The molecule has 3 rings (SSSR count). The Morgan fingerprint density at radius 3 is 2.41 bits per heavy atom. The van der Waals surface area contributed by atoms with Gasteiger partial charge in [-0.25, -0.2) is 4.79 Å². The highest BCUT2D eigenvalue weighted by atomic mass is 16.5. The molecule has 1 saturated heterocycles. The standard InChI is InChI=1S/C17H22N2O3/c1-12-9-13(2)11-14(10-12)22-8-7-19-15(20)17(18-16(19)21)5-3-4-6-17/h9-11H,3-8H2,1-2H3,(H,18,21). The maximum atomic E-state index is 12.5. The Morgan fingerprint density at radius 2 is 1.77 bits per heavy atom. The van der Waals surface area contributed by atoms with Crippen LogP contribution in [0.1, 0.15) is 36.8 Å². The number of aryl methyl sites for hydroxylation is 2. The van der Waals surface area contributed by atoms with E-state index in [1.807, 2.05) is 26.0 Å². The molecule has 1 aliphatic heterocycles. The molecule has 22 heavy (non-hydrogen) atoms. The van der Waals surface area contributed by atoms with Gasteiger partial charge in [-0.2, -0.15) is 0 Å². The lowest BCUT2D eigenvalue weighted by Gasteiger charge is -2.20. The summed E-state index contributed by atoms with van der Waals surface area (Å²) in [7, 11) is 0. The first-order valence-corrected chi connectivity index (χ1v) is 7.85. The van der Waals surface area contributed by atoms with E-state index >= 15 is 0 Å². The van der Waals surface area contributed by atoms with E-state index in [4.69, 9.17) is 4.74 Å². The Balaban J connectivity index is 1.59. The Morgan fingerprint density at radius 1 is 1.14 bits per heavy atom. The molecule has 0 aromatic heterocycles. The van der Waals surface area contributed by atoms with Crippen molar-refractivity contribution in [3.63, 3.8) is 0 Å². The molecule has 1 spiro atoms. The molecule has 1 N–H and O–H groups in total. The number of hydrogen-bond acceptors (Lipinski definition) is 3. The Hall–Kier alpha value is -2.04. The third-order valence-electron chi connectivity index (χ3n) is 4.48. The fraction of sp³-hybridized carbons (Fsp3) is 0.529. The van der Waals surface area contributed by atoms with Crippen molar-refractivity contribution < 1.29 is 14.3 Å². The molecule has 1 saturated carbocycles. The van der Waals surface area contributed by atoms with Crippen molar-refractivity contribution in [2.45, 2.75) is 45.1 Å². The second-order valence-electron chi connectivity index (χ2n) is 6.35. The van der Waals surface area contributed by atoms with Crippen LogP contribution in [0.4, 0.5) is 4.79 Å². The van der Waals surface area contributed by atoms with Gasteiger partial charge in [-0.1, -0.05) is 18.9 Å². The van der Waals surface area contributed by atoms with Crippen molar-refractivity contribution >= 4 is 11.9 Å². The van der Waals surface area contributed by atoms with E-state index in [1.165, 1.54) is 4.90 Å². The number of urea groups is 1. The molecule has 5 heteroatoms. The smallest absolute Gasteiger partial charge is 0.325 e. The van der Waals surface area contributed by atoms with Crippen molar-refractivity contribution in [1.29, 1.82) is 0 Å². The van der Waals surface area contributed by atoms with Crippen LogP contribution >= 0.6 is 0 Å². The number of nitrogens with one attached hydrogen (secondary N) is 1. The summed E-state index contributed by atoms with van der Waals surface area (Å²) in [5.74, 6) is 0.694. The predicted molar refractivity (Wildman–Crippen MR) is 82.9 cm³/mol. The van der Waals surface area contributed by atoms with Crippen molar-refractivity contribution in [3.05, 3.63) is 29.3 Å². The van der Waals surface area contributed by atoms with E-state index in [0.717, 1.165) is 42.6 Å². The highest BCUT2D eigenvalue weighted by Gasteiger charge is 2.52. The summed E-state index contributed by atoms with van der Waals surface area (Å²) >= 11 is 0. The number of benzene rings is 1. The molecule has 1 aromatic carbocycles. The molecule has 2 aliphatic rings. The van der Waals surface area contributed by atoms with Crippen LogP contribution in [0.2, 0.25) is 0 Å². The number of amides is 3. The lowest BCUT2D eigenvalue weighted by atomic mass is 9.98. The topological polar surface area (TPSA) is 58.6 Å². The van der Waals surface area contributed by atoms with Crippen molar-refractivity contribution in [3.8, 4) is 5.75 Å². The maximum Gasteiger partial charge on any atom is 0.325 e. The van der Waals surface area contributed by atoms with Gasteiger partial charge in [0.1, 0.15) is 17.9 Å². The van der Waals surface area contributed by atoms with Gasteiger partial charge in [-0.3, -0.25) is 9.69 Å². The third kappa shape index (κ3) is 2.67. The van der Waals surface area contributed by atoms with Gasteiger partial charge >= 0.3 is 6.03 Å². The van der Waals surface area contributed by atoms with Gasteiger partial charge in [0.25, 0.3) is 5.91 Å². The van der Waals surface area contributed by atoms with E-state index in [0.29, 0.717) is 13.2 Å². The number of carbonyl (C=O) groups excluding carboxylic acids is 2. The quantitative estimate of drug-likeness (QED) is 0.870. The highest BCUT2D eigenvalue weighted by Crippen LogP contribution is 2.34. The number of carbonyl (C=O) groups is 2. The molecule has 3 amide bonds. The number of nitrogens with zero attached hydrogens (tertiary/aromatic N) is 1. The molecule has 0 radical (unpaired) electrons. The van der Waals surface area contributed by atoms with Crippen LogP contribution in [0.25, 0.3) is 0 Å². The van der Waals surface area contributed by atoms with Gasteiger partial charge in [0.15, 0.2) is 0 Å². The predicted octanol–water partition coefficient (Wildman–Crippen LogP) is 2.55. The summed E-state index contributed by atoms with van der Waals surface area (Å²) in [6.45, 7) is 4.64. The first kappa shape index (κ1) is 14.9. The monoisotopic (exact) mass is 302 g/mol. The SMILES string of the molecule is Cc1cc(C)cc(OCCN2C(=O)NC3(CCCC3)C2=O)c1. The summed E-state index contributed by atoms with van der Waals surface area (Å²) < 4.78 is 5.70. The molecule has 2 fully saturated rings. The number of imide groups is 1. The lowest BCUT2D eigenvalue weighted by molar-refractivity contribution is -0.131. The average Bonchev–Trinajstić information content (AvgIpc) is 2.99. The van der Waals surface area contributed by atoms with Crippen LogP contribution < -0.4 is 10.1 Å². The van der Waals surface area contributed by atoms with Crippen molar-refractivity contribution in [1.82, 2.24) is 10.2 Å². The molecule has 1 aliphatic carbocycles. The van der Waals surface area contributed by atoms with E-state index in [9.17, 15) is 9.59 Å². The van der Waals surface area contributed by atoms with Crippen LogP contribution in [0, 0.1) is 13.8 Å². The van der Waals surface area contributed by atoms with E-state index < -0.39 is 5.54 Å². The molecule has 0 unspecified atom stereocenters. The van der Waals surface area contributed by atoms with Gasteiger partial charge in [-0.05, 0) is 49.9 Å². The normalized spacial score (nSPS) is 19.8. The van der Waals surface area contributed by atoms with Gasteiger partial charge in [0, 0.05) is 0 Å². The Bertz CT molecular complexity index is 586. The van der Waals surface area contributed by atoms with Gasteiger partial charge in [0.05, 0.1) is 6.54 Å². The zero-order valence-electron chi connectivity index (χ0n) is 13.1. The van der Waals surface area contributed by atoms with Crippen LogP contribution in [0.15, 0.2) is 18.2 Å².